The molecule has 1 aliphatic rings. The van der Waals surface area contributed by atoms with E-state index in [0.717, 1.165) is 37.2 Å². The second-order valence-electron chi connectivity index (χ2n) is 5.09. The molecule has 1 heterocycles. The predicted molar refractivity (Wildman–Crippen MR) is 75.1 cm³/mol. The van der Waals surface area contributed by atoms with E-state index in [1.54, 1.807) is 7.11 Å². The second-order valence-corrected chi connectivity index (χ2v) is 5.09. The summed E-state index contributed by atoms with van der Waals surface area (Å²) in [5, 5.41) is 3.29. The summed E-state index contributed by atoms with van der Waals surface area (Å²) < 4.78 is 5.20. The largest absolute Gasteiger partial charge is 0.497 e. The summed E-state index contributed by atoms with van der Waals surface area (Å²) in [5.74, 6) is 1.19. The third kappa shape index (κ3) is 3.70. The van der Waals surface area contributed by atoms with Gasteiger partial charge < -0.3 is 15.0 Å². The second kappa shape index (κ2) is 6.57. The molecule has 0 bridgehead atoms. The van der Waals surface area contributed by atoms with Gasteiger partial charge in [0.05, 0.1) is 13.0 Å². The van der Waals surface area contributed by atoms with Crippen LogP contribution in [0.1, 0.15) is 18.4 Å². The third-order valence-electron chi connectivity index (χ3n) is 3.58. The van der Waals surface area contributed by atoms with Crippen LogP contribution in [-0.2, 0) is 11.3 Å². The van der Waals surface area contributed by atoms with Crippen molar-refractivity contribution in [3.8, 4) is 5.75 Å². The fourth-order valence-corrected chi connectivity index (χ4v) is 2.50. The van der Waals surface area contributed by atoms with E-state index in [1.165, 1.54) is 0 Å². The van der Waals surface area contributed by atoms with Crippen molar-refractivity contribution in [1.29, 1.82) is 0 Å². The Balaban J connectivity index is 1.95. The summed E-state index contributed by atoms with van der Waals surface area (Å²) >= 11 is 0. The molecule has 1 N–H and O–H groups in total. The van der Waals surface area contributed by atoms with E-state index in [0.29, 0.717) is 6.54 Å². The summed E-state index contributed by atoms with van der Waals surface area (Å²) in [6.07, 6.45) is 2.08. The molecule has 4 nitrogen and oxygen atoms in total. The minimum Gasteiger partial charge on any atom is -0.497 e. The highest BCUT2D eigenvalue weighted by atomic mass is 16.5. The lowest BCUT2D eigenvalue weighted by molar-refractivity contribution is -0.135. The maximum atomic E-state index is 12.3. The molecule has 1 amide bonds. The molecule has 1 aliphatic heterocycles. The van der Waals surface area contributed by atoms with Crippen LogP contribution >= 0.6 is 0 Å². The van der Waals surface area contributed by atoms with Crippen molar-refractivity contribution < 1.29 is 9.53 Å². The van der Waals surface area contributed by atoms with Gasteiger partial charge >= 0.3 is 0 Å². The molecule has 1 aromatic carbocycles. The summed E-state index contributed by atoms with van der Waals surface area (Å²) in [7, 11) is 3.53. The molecule has 1 saturated heterocycles. The van der Waals surface area contributed by atoms with E-state index in [4.69, 9.17) is 4.74 Å². The molecule has 0 radical (unpaired) electrons. The molecule has 4 heteroatoms. The van der Waals surface area contributed by atoms with Gasteiger partial charge in [-0.3, -0.25) is 4.79 Å². The molecule has 0 aliphatic carbocycles. The topological polar surface area (TPSA) is 41.6 Å². The number of hydrogen-bond acceptors (Lipinski definition) is 3. The number of nitrogens with zero attached hydrogens (tertiary/aromatic N) is 1. The first-order chi connectivity index (χ1) is 9.20. The van der Waals surface area contributed by atoms with Crippen LogP contribution in [0.4, 0.5) is 0 Å². The lowest BCUT2D eigenvalue weighted by Crippen LogP contribution is -2.41. The predicted octanol–water partition coefficient (Wildman–Crippen LogP) is 1.65. The number of ether oxygens (including phenoxy) is 1. The average molecular weight is 262 g/mol. The molecule has 2 rings (SSSR count). The van der Waals surface area contributed by atoms with Crippen LogP contribution in [-0.4, -0.2) is 38.1 Å². The zero-order chi connectivity index (χ0) is 13.7. The Morgan fingerprint density at radius 1 is 1.53 bits per heavy atom. The fourth-order valence-electron chi connectivity index (χ4n) is 2.50. The maximum Gasteiger partial charge on any atom is 0.227 e. The van der Waals surface area contributed by atoms with E-state index in [9.17, 15) is 4.79 Å². The van der Waals surface area contributed by atoms with E-state index < -0.39 is 0 Å². The molecule has 1 unspecified atom stereocenters. The number of carbonyl (C=O) groups excluding carboxylic acids is 1. The van der Waals surface area contributed by atoms with E-state index >= 15 is 0 Å². The highest BCUT2D eigenvalue weighted by molar-refractivity contribution is 5.78. The van der Waals surface area contributed by atoms with Crippen molar-refractivity contribution in [1.82, 2.24) is 10.2 Å². The Bertz CT molecular complexity index is 428. The monoisotopic (exact) mass is 262 g/mol. The number of methoxy groups -OCH3 is 1. The van der Waals surface area contributed by atoms with Gasteiger partial charge in [0.15, 0.2) is 0 Å². The van der Waals surface area contributed by atoms with Gasteiger partial charge in [0.2, 0.25) is 5.91 Å². The minimum atomic E-state index is 0.129. The molecule has 0 spiro atoms. The zero-order valence-electron chi connectivity index (χ0n) is 11.7. The van der Waals surface area contributed by atoms with Crippen LogP contribution in [0.5, 0.6) is 5.75 Å². The van der Waals surface area contributed by atoms with Crippen LogP contribution in [0.25, 0.3) is 0 Å². The average Bonchev–Trinajstić information content (AvgIpc) is 2.47. The van der Waals surface area contributed by atoms with Gasteiger partial charge in [0, 0.05) is 20.1 Å². The van der Waals surface area contributed by atoms with E-state index in [2.05, 4.69) is 5.32 Å². The lowest BCUT2D eigenvalue weighted by atomic mass is 9.98. The Morgan fingerprint density at radius 3 is 3.05 bits per heavy atom. The summed E-state index contributed by atoms with van der Waals surface area (Å²) in [6.45, 7) is 2.47. The van der Waals surface area contributed by atoms with Gasteiger partial charge in [0.1, 0.15) is 5.75 Å². The number of hydrogen-bond donors (Lipinski definition) is 1. The fraction of sp³-hybridized carbons (Fsp3) is 0.533. The van der Waals surface area contributed by atoms with Gasteiger partial charge in [0.25, 0.3) is 0 Å². The Hall–Kier alpha value is -1.55. The van der Waals surface area contributed by atoms with Gasteiger partial charge in [-0.1, -0.05) is 12.1 Å². The number of benzene rings is 1. The minimum absolute atomic E-state index is 0.129. The van der Waals surface area contributed by atoms with Gasteiger partial charge in [-0.2, -0.15) is 0 Å². The van der Waals surface area contributed by atoms with Crippen molar-refractivity contribution in [3.05, 3.63) is 29.8 Å². The quantitative estimate of drug-likeness (QED) is 0.897. The number of amides is 1. The van der Waals surface area contributed by atoms with E-state index in [1.807, 2.05) is 36.2 Å². The number of piperidine rings is 1. The van der Waals surface area contributed by atoms with Gasteiger partial charge in [-0.05, 0) is 37.1 Å². The van der Waals surface area contributed by atoms with Crippen LogP contribution in [0, 0.1) is 5.92 Å². The zero-order valence-corrected chi connectivity index (χ0v) is 11.7. The Kier molecular flexibility index (Phi) is 4.80. The van der Waals surface area contributed by atoms with Crippen LogP contribution < -0.4 is 10.1 Å². The Labute approximate surface area is 114 Å². The number of rotatable bonds is 4. The Morgan fingerprint density at radius 2 is 2.37 bits per heavy atom. The highest BCUT2D eigenvalue weighted by Gasteiger charge is 2.23. The third-order valence-corrected chi connectivity index (χ3v) is 3.58. The molecular formula is C15H22N2O2. The first-order valence-corrected chi connectivity index (χ1v) is 6.79. The smallest absolute Gasteiger partial charge is 0.227 e. The molecule has 0 saturated carbocycles. The van der Waals surface area contributed by atoms with E-state index in [-0.39, 0.29) is 11.8 Å². The van der Waals surface area contributed by atoms with Crippen molar-refractivity contribution in [2.45, 2.75) is 19.4 Å². The first-order valence-electron chi connectivity index (χ1n) is 6.79. The van der Waals surface area contributed by atoms with Crippen molar-refractivity contribution in [2.75, 3.05) is 27.2 Å². The highest BCUT2D eigenvalue weighted by Crippen LogP contribution is 2.17. The van der Waals surface area contributed by atoms with Crippen molar-refractivity contribution in [2.24, 2.45) is 5.92 Å². The molecule has 104 valence electrons. The van der Waals surface area contributed by atoms with Gasteiger partial charge in [-0.15, -0.1) is 0 Å². The van der Waals surface area contributed by atoms with Crippen LogP contribution in [0.2, 0.25) is 0 Å². The van der Waals surface area contributed by atoms with Crippen molar-refractivity contribution >= 4 is 5.91 Å². The number of nitrogens with one attached hydrogen (secondary N) is 1. The first kappa shape index (κ1) is 13.9. The van der Waals surface area contributed by atoms with Gasteiger partial charge in [-0.25, -0.2) is 0 Å². The lowest BCUT2D eigenvalue weighted by Gasteiger charge is -2.27. The summed E-state index contributed by atoms with van der Waals surface area (Å²) in [5.41, 5.74) is 1.10. The maximum absolute atomic E-state index is 12.3. The molecule has 1 atom stereocenters. The molecule has 0 aromatic heterocycles. The molecule has 1 fully saturated rings. The number of carbonyl (C=O) groups is 1. The van der Waals surface area contributed by atoms with Crippen molar-refractivity contribution in [3.63, 3.8) is 0 Å². The summed E-state index contributed by atoms with van der Waals surface area (Å²) in [6, 6.07) is 7.86. The normalized spacial score (nSPS) is 18.9. The molecule has 19 heavy (non-hydrogen) atoms. The summed E-state index contributed by atoms with van der Waals surface area (Å²) in [4.78, 5) is 14.1. The SMILES string of the molecule is COc1cccc(CN(C)C(=O)C2CCCNC2)c1. The molecule has 1 aromatic rings. The van der Waals surface area contributed by atoms with Crippen LogP contribution in [0.15, 0.2) is 24.3 Å². The van der Waals surface area contributed by atoms with Crippen LogP contribution in [0.3, 0.4) is 0 Å². The molecular weight excluding hydrogens is 240 g/mol. The standard InChI is InChI=1S/C15H22N2O2/c1-17(15(18)13-6-4-8-16-10-13)11-12-5-3-7-14(9-12)19-2/h3,5,7,9,13,16H,4,6,8,10-11H2,1-2H3.